The highest BCUT2D eigenvalue weighted by Gasteiger charge is 2.38. The number of hydrogen-bond acceptors (Lipinski definition) is 6. The van der Waals surface area contributed by atoms with E-state index in [1.165, 1.54) is 18.3 Å². The van der Waals surface area contributed by atoms with Crippen molar-refractivity contribution in [1.29, 1.82) is 0 Å². The van der Waals surface area contributed by atoms with E-state index in [1.807, 2.05) is 0 Å². The molecule has 7 nitrogen and oxygen atoms in total. The average molecular weight is 434 g/mol. The molecule has 12 heteroatoms. The summed E-state index contributed by atoms with van der Waals surface area (Å²) in [5.41, 5.74) is 0.976. The number of benzene rings is 1. The molecule has 28 heavy (non-hydrogen) atoms. The van der Waals surface area contributed by atoms with Crippen LogP contribution in [0.4, 0.5) is 24.5 Å². The first kappa shape index (κ1) is 20.6. The molecule has 1 aliphatic rings. The van der Waals surface area contributed by atoms with Crippen LogP contribution in [0.3, 0.4) is 0 Å². The Balaban J connectivity index is 1.64. The summed E-state index contributed by atoms with van der Waals surface area (Å²) in [6.45, 7) is -1.25. The fraction of sp³-hybridized carbons (Fsp3) is 0.375. The molecular formula is C16H17F3N4O3S2. The molecule has 1 unspecified atom stereocenters. The summed E-state index contributed by atoms with van der Waals surface area (Å²) in [7, 11) is -3.87. The number of amides is 1. The number of sulfonamides is 1. The topological polar surface area (TPSA) is 91.4 Å². The molecule has 0 saturated carbocycles. The van der Waals surface area contributed by atoms with E-state index < -0.39 is 28.0 Å². The van der Waals surface area contributed by atoms with Gasteiger partial charge >= 0.3 is 6.18 Å². The first-order valence-corrected chi connectivity index (χ1v) is 10.6. The van der Waals surface area contributed by atoms with Gasteiger partial charge in [-0.1, -0.05) is 6.07 Å². The summed E-state index contributed by atoms with van der Waals surface area (Å²) in [4.78, 5) is 13.1. The fourth-order valence-electron chi connectivity index (χ4n) is 2.88. The molecule has 1 aromatic heterocycles. The van der Waals surface area contributed by atoms with Crippen LogP contribution in [0, 0.1) is 0 Å². The second kappa shape index (κ2) is 8.05. The maximum atomic E-state index is 12.5. The predicted octanol–water partition coefficient (Wildman–Crippen LogP) is 2.77. The van der Waals surface area contributed by atoms with Crippen LogP contribution in [-0.4, -0.2) is 54.7 Å². The van der Waals surface area contributed by atoms with Crippen molar-refractivity contribution in [2.45, 2.75) is 17.8 Å². The Kier molecular flexibility index (Phi) is 5.91. The first-order chi connectivity index (χ1) is 13.1. The van der Waals surface area contributed by atoms with Gasteiger partial charge < -0.3 is 5.32 Å². The Morgan fingerprint density at radius 3 is 2.75 bits per heavy atom. The van der Waals surface area contributed by atoms with Crippen LogP contribution in [0.25, 0.3) is 0 Å². The maximum Gasteiger partial charge on any atom is 0.401 e. The van der Waals surface area contributed by atoms with E-state index in [4.69, 9.17) is 0 Å². The third-order valence-corrected chi connectivity index (χ3v) is 6.52. The highest BCUT2D eigenvalue weighted by atomic mass is 32.2. The van der Waals surface area contributed by atoms with Gasteiger partial charge in [-0.3, -0.25) is 14.4 Å². The lowest BCUT2D eigenvalue weighted by molar-refractivity contribution is -0.143. The zero-order chi connectivity index (χ0) is 20.4. The number of carbonyl (C=O) groups excluding carboxylic acids is 1. The van der Waals surface area contributed by atoms with Crippen LogP contribution >= 0.6 is 11.5 Å². The first-order valence-electron chi connectivity index (χ1n) is 8.24. The van der Waals surface area contributed by atoms with E-state index >= 15 is 0 Å². The Bertz CT molecular complexity index is 933. The molecule has 3 rings (SSSR count). The van der Waals surface area contributed by atoms with Crippen molar-refractivity contribution < 1.29 is 26.4 Å². The SMILES string of the molecule is O=C(Nc1cccc(NS(=O)(=O)C2CCN(CC(F)(F)F)C2)c1)c1cnsc1. The summed E-state index contributed by atoms with van der Waals surface area (Å²) in [6.07, 6.45) is -2.83. The van der Waals surface area contributed by atoms with Crippen LogP contribution in [0.2, 0.25) is 0 Å². The van der Waals surface area contributed by atoms with E-state index in [1.54, 1.807) is 17.5 Å². The minimum absolute atomic E-state index is 0.0653. The summed E-state index contributed by atoms with van der Waals surface area (Å²) >= 11 is 1.13. The maximum absolute atomic E-state index is 12.5. The smallest absolute Gasteiger partial charge is 0.322 e. The highest BCUT2D eigenvalue weighted by molar-refractivity contribution is 7.93. The number of carbonyl (C=O) groups is 1. The van der Waals surface area contributed by atoms with Crippen LogP contribution < -0.4 is 10.0 Å². The second-order valence-corrected chi connectivity index (χ2v) is 8.97. The number of nitrogens with one attached hydrogen (secondary N) is 2. The Labute approximate surface area is 163 Å². The van der Waals surface area contributed by atoms with E-state index in [9.17, 15) is 26.4 Å². The second-order valence-electron chi connectivity index (χ2n) is 6.36. The Morgan fingerprint density at radius 1 is 1.32 bits per heavy atom. The summed E-state index contributed by atoms with van der Waals surface area (Å²) in [5.74, 6) is -0.382. The van der Waals surface area contributed by atoms with Gasteiger partial charge in [-0.25, -0.2) is 12.8 Å². The van der Waals surface area contributed by atoms with E-state index in [0.29, 0.717) is 11.3 Å². The quantitative estimate of drug-likeness (QED) is 0.730. The van der Waals surface area contributed by atoms with Crippen molar-refractivity contribution in [3.05, 3.63) is 41.4 Å². The molecule has 1 amide bonds. The van der Waals surface area contributed by atoms with E-state index in [2.05, 4.69) is 14.4 Å². The van der Waals surface area contributed by atoms with Gasteiger partial charge in [-0.05, 0) is 42.7 Å². The van der Waals surface area contributed by atoms with Crippen LogP contribution in [-0.2, 0) is 10.0 Å². The number of hydrogen-bond donors (Lipinski definition) is 2. The molecule has 2 heterocycles. The lowest BCUT2D eigenvalue weighted by atomic mass is 10.2. The van der Waals surface area contributed by atoms with Gasteiger partial charge in [0.1, 0.15) is 0 Å². The molecule has 1 aliphatic heterocycles. The molecule has 1 atom stereocenters. The lowest BCUT2D eigenvalue weighted by Crippen LogP contribution is -2.35. The molecule has 2 aromatic rings. The Hall–Kier alpha value is -2.18. The van der Waals surface area contributed by atoms with Crippen molar-refractivity contribution in [3.63, 3.8) is 0 Å². The molecule has 0 bridgehead atoms. The van der Waals surface area contributed by atoms with Gasteiger partial charge in [0.05, 0.1) is 29.2 Å². The number of aromatic nitrogens is 1. The minimum Gasteiger partial charge on any atom is -0.322 e. The van der Waals surface area contributed by atoms with E-state index in [0.717, 1.165) is 16.4 Å². The number of rotatable bonds is 6. The monoisotopic (exact) mass is 434 g/mol. The van der Waals surface area contributed by atoms with Crippen molar-refractivity contribution >= 4 is 38.8 Å². The number of halogens is 3. The fourth-order valence-corrected chi connectivity index (χ4v) is 4.84. The Morgan fingerprint density at radius 2 is 2.07 bits per heavy atom. The van der Waals surface area contributed by atoms with Crippen molar-refractivity contribution in [1.82, 2.24) is 9.27 Å². The molecule has 0 aliphatic carbocycles. The average Bonchev–Trinajstić information content (AvgIpc) is 3.25. The zero-order valence-electron chi connectivity index (χ0n) is 14.4. The highest BCUT2D eigenvalue weighted by Crippen LogP contribution is 2.25. The minimum atomic E-state index is -4.36. The number of alkyl halides is 3. The summed E-state index contributed by atoms with van der Waals surface area (Å²) < 4.78 is 68.7. The largest absolute Gasteiger partial charge is 0.401 e. The molecule has 2 N–H and O–H groups in total. The molecule has 0 spiro atoms. The summed E-state index contributed by atoms with van der Waals surface area (Å²) in [5, 5.41) is 3.27. The van der Waals surface area contributed by atoms with Gasteiger partial charge in [0.2, 0.25) is 10.0 Å². The van der Waals surface area contributed by atoms with E-state index in [-0.39, 0.29) is 31.1 Å². The zero-order valence-corrected chi connectivity index (χ0v) is 16.1. The molecule has 1 saturated heterocycles. The third-order valence-electron chi connectivity index (χ3n) is 4.15. The van der Waals surface area contributed by atoms with Gasteiger partial charge in [-0.15, -0.1) is 0 Å². The molecule has 1 aromatic carbocycles. The van der Waals surface area contributed by atoms with Gasteiger partial charge in [-0.2, -0.15) is 13.2 Å². The van der Waals surface area contributed by atoms with Crippen molar-refractivity contribution in [3.8, 4) is 0 Å². The predicted molar refractivity (Wildman–Crippen MR) is 100.0 cm³/mol. The number of likely N-dealkylation sites (tertiary alicyclic amines) is 1. The normalized spacial score (nSPS) is 18.2. The number of nitrogens with zero attached hydrogens (tertiary/aromatic N) is 2. The lowest BCUT2D eigenvalue weighted by Gasteiger charge is -2.18. The summed E-state index contributed by atoms with van der Waals surface area (Å²) in [6, 6.07) is 6.10. The molecule has 0 radical (unpaired) electrons. The molecular weight excluding hydrogens is 417 g/mol. The van der Waals surface area contributed by atoms with Gasteiger partial charge in [0.25, 0.3) is 5.91 Å². The van der Waals surface area contributed by atoms with Crippen molar-refractivity contribution in [2.24, 2.45) is 0 Å². The van der Waals surface area contributed by atoms with Gasteiger partial charge in [0.15, 0.2) is 0 Å². The van der Waals surface area contributed by atoms with Crippen LogP contribution in [0.1, 0.15) is 16.8 Å². The van der Waals surface area contributed by atoms with Crippen LogP contribution in [0.15, 0.2) is 35.8 Å². The molecule has 1 fully saturated rings. The standard InChI is InChI=1S/C16H17F3N4O3S2/c17-16(18,19)10-23-5-4-14(8-23)28(25,26)22-13-3-1-2-12(6-13)21-15(24)11-7-20-27-9-11/h1-3,6-7,9,14,22H,4-5,8,10H2,(H,21,24). The van der Waals surface area contributed by atoms with Crippen LogP contribution in [0.5, 0.6) is 0 Å². The van der Waals surface area contributed by atoms with Crippen molar-refractivity contribution in [2.75, 3.05) is 29.7 Å². The van der Waals surface area contributed by atoms with Gasteiger partial charge in [0, 0.05) is 17.6 Å². The third kappa shape index (κ3) is 5.42. The number of anilines is 2. The molecule has 152 valence electrons.